The largest absolute Gasteiger partial charge is 0.301 e. The summed E-state index contributed by atoms with van der Waals surface area (Å²) in [6.07, 6.45) is 0.685. The lowest BCUT2D eigenvalue weighted by atomic mass is 10.1. The summed E-state index contributed by atoms with van der Waals surface area (Å²) in [7, 11) is 0. The summed E-state index contributed by atoms with van der Waals surface area (Å²) in [4.78, 5) is 26.5. The fourth-order valence-electron chi connectivity index (χ4n) is 3.10. The highest BCUT2D eigenvalue weighted by Gasteiger charge is 2.21. The number of fused-ring (bicyclic) bond motifs is 1. The number of thioether (sulfide) groups is 1. The average molecular weight is 435 g/mol. The van der Waals surface area contributed by atoms with Gasteiger partial charge in [-0.15, -0.1) is 0 Å². The van der Waals surface area contributed by atoms with Crippen LogP contribution >= 0.6 is 23.1 Å². The molecule has 2 aromatic carbocycles. The number of carbonyl (C=O) groups is 1. The fraction of sp³-hybridized carbons (Fsp3) is 0.217. The van der Waals surface area contributed by atoms with Crippen LogP contribution in [0.1, 0.15) is 24.7 Å². The summed E-state index contributed by atoms with van der Waals surface area (Å²) in [6, 6.07) is 18.0. The second-order valence-electron chi connectivity index (χ2n) is 7.00. The van der Waals surface area contributed by atoms with Crippen LogP contribution < -0.4 is 5.32 Å². The lowest BCUT2D eigenvalue weighted by Gasteiger charge is -2.14. The maximum absolute atomic E-state index is 12.9. The van der Waals surface area contributed by atoms with Gasteiger partial charge in [-0.05, 0) is 44.0 Å². The summed E-state index contributed by atoms with van der Waals surface area (Å²) in [5.41, 5.74) is 3.98. The molecule has 4 rings (SSSR count). The minimum atomic E-state index is -0.267. The predicted octanol–water partition coefficient (Wildman–Crippen LogP) is 5.88. The SMILES string of the molecule is CCC(Sc1cc(-c2ccccc2)nc(C)n1)C(=O)Nc1nc2ccc(C)cc2s1. The highest BCUT2D eigenvalue weighted by Crippen LogP contribution is 2.30. The van der Waals surface area contributed by atoms with Gasteiger partial charge < -0.3 is 5.32 Å². The smallest absolute Gasteiger partial charge is 0.239 e. The van der Waals surface area contributed by atoms with Gasteiger partial charge in [-0.25, -0.2) is 15.0 Å². The maximum Gasteiger partial charge on any atom is 0.239 e. The van der Waals surface area contributed by atoms with Crippen LogP contribution in [0.5, 0.6) is 0 Å². The lowest BCUT2D eigenvalue weighted by Crippen LogP contribution is -2.24. The van der Waals surface area contributed by atoms with Gasteiger partial charge in [0.05, 0.1) is 21.2 Å². The van der Waals surface area contributed by atoms with Crippen LogP contribution in [0.25, 0.3) is 21.5 Å². The molecule has 0 aliphatic rings. The van der Waals surface area contributed by atoms with E-state index in [1.807, 2.05) is 62.4 Å². The van der Waals surface area contributed by atoms with Crippen LogP contribution in [0.15, 0.2) is 59.6 Å². The highest BCUT2D eigenvalue weighted by atomic mass is 32.2. The van der Waals surface area contributed by atoms with E-state index in [0.29, 0.717) is 17.4 Å². The van der Waals surface area contributed by atoms with Crippen LogP contribution in [0, 0.1) is 13.8 Å². The molecule has 0 saturated heterocycles. The van der Waals surface area contributed by atoms with Crippen molar-refractivity contribution in [2.45, 2.75) is 37.5 Å². The van der Waals surface area contributed by atoms with Crippen LogP contribution in [0.2, 0.25) is 0 Å². The first-order chi connectivity index (χ1) is 14.5. The molecule has 1 amide bonds. The van der Waals surface area contributed by atoms with Gasteiger partial charge in [0.15, 0.2) is 5.13 Å². The van der Waals surface area contributed by atoms with Crippen molar-refractivity contribution in [2.75, 3.05) is 5.32 Å². The van der Waals surface area contributed by atoms with Crippen molar-refractivity contribution in [2.24, 2.45) is 0 Å². The summed E-state index contributed by atoms with van der Waals surface area (Å²) < 4.78 is 1.07. The second-order valence-corrected chi connectivity index (χ2v) is 9.25. The summed E-state index contributed by atoms with van der Waals surface area (Å²) in [5.74, 6) is 0.631. The van der Waals surface area contributed by atoms with Gasteiger partial charge in [-0.1, -0.05) is 66.4 Å². The van der Waals surface area contributed by atoms with Crippen molar-refractivity contribution in [1.29, 1.82) is 0 Å². The van der Waals surface area contributed by atoms with E-state index >= 15 is 0 Å². The van der Waals surface area contributed by atoms with E-state index in [1.54, 1.807) is 0 Å². The van der Waals surface area contributed by atoms with Crippen molar-refractivity contribution in [3.05, 3.63) is 66.0 Å². The van der Waals surface area contributed by atoms with Crippen LogP contribution in [-0.2, 0) is 4.79 Å². The lowest BCUT2D eigenvalue weighted by molar-refractivity contribution is -0.115. The molecule has 0 bridgehead atoms. The second kappa shape index (κ2) is 8.93. The van der Waals surface area contributed by atoms with Crippen molar-refractivity contribution in [3.8, 4) is 11.3 Å². The van der Waals surface area contributed by atoms with Crippen molar-refractivity contribution in [1.82, 2.24) is 15.0 Å². The minimum absolute atomic E-state index is 0.0594. The summed E-state index contributed by atoms with van der Waals surface area (Å²) in [6.45, 7) is 5.93. The standard InChI is InChI=1S/C23H22N4OS2/c1-4-19(22(28)27-23-26-17-11-10-14(2)12-20(17)30-23)29-21-13-18(24-15(3)25-21)16-8-6-5-7-9-16/h5-13,19H,4H2,1-3H3,(H,26,27,28). The average Bonchev–Trinajstić information content (AvgIpc) is 3.13. The number of aromatic nitrogens is 3. The zero-order valence-corrected chi connectivity index (χ0v) is 18.7. The molecule has 0 aliphatic heterocycles. The molecular weight excluding hydrogens is 412 g/mol. The quantitative estimate of drug-likeness (QED) is 0.303. The Hall–Kier alpha value is -2.77. The first-order valence-corrected chi connectivity index (χ1v) is 11.5. The molecule has 4 aromatic rings. The van der Waals surface area contributed by atoms with Gasteiger partial charge in [-0.2, -0.15) is 0 Å². The summed E-state index contributed by atoms with van der Waals surface area (Å²) in [5, 5.41) is 4.14. The number of hydrogen-bond acceptors (Lipinski definition) is 6. The van der Waals surface area contributed by atoms with E-state index < -0.39 is 0 Å². The van der Waals surface area contributed by atoms with Crippen molar-refractivity contribution < 1.29 is 4.79 Å². The minimum Gasteiger partial charge on any atom is -0.301 e. The third kappa shape index (κ3) is 4.68. The normalized spacial score (nSPS) is 12.1. The van der Waals surface area contributed by atoms with Gasteiger partial charge in [0.2, 0.25) is 5.91 Å². The van der Waals surface area contributed by atoms with E-state index in [0.717, 1.165) is 26.5 Å². The number of carbonyl (C=O) groups excluding carboxylic acids is 1. The molecule has 0 saturated carbocycles. The Morgan fingerprint density at radius 3 is 2.63 bits per heavy atom. The first kappa shape index (κ1) is 20.5. The van der Waals surface area contributed by atoms with Crippen LogP contribution in [-0.4, -0.2) is 26.1 Å². The molecule has 2 aromatic heterocycles. The molecule has 2 heterocycles. The molecule has 152 valence electrons. The van der Waals surface area contributed by atoms with E-state index in [2.05, 4.69) is 33.3 Å². The molecule has 5 nitrogen and oxygen atoms in total. The predicted molar refractivity (Wildman–Crippen MR) is 125 cm³/mol. The topological polar surface area (TPSA) is 67.8 Å². The number of thiazole rings is 1. The third-order valence-corrected chi connectivity index (χ3v) is 6.80. The van der Waals surface area contributed by atoms with Gasteiger partial charge >= 0.3 is 0 Å². The van der Waals surface area contributed by atoms with Gasteiger partial charge in [0, 0.05) is 5.56 Å². The molecule has 7 heteroatoms. The van der Waals surface area contributed by atoms with Gasteiger partial charge in [0.25, 0.3) is 0 Å². The molecule has 0 fully saturated rings. The Morgan fingerprint density at radius 2 is 1.87 bits per heavy atom. The molecule has 0 aliphatic carbocycles. The number of amides is 1. The Kier molecular flexibility index (Phi) is 6.11. The van der Waals surface area contributed by atoms with E-state index in [1.165, 1.54) is 28.7 Å². The van der Waals surface area contributed by atoms with E-state index in [4.69, 9.17) is 0 Å². The number of nitrogens with zero attached hydrogens (tertiary/aromatic N) is 3. The molecule has 1 N–H and O–H groups in total. The van der Waals surface area contributed by atoms with Crippen LogP contribution in [0.4, 0.5) is 5.13 Å². The van der Waals surface area contributed by atoms with Crippen molar-refractivity contribution >= 4 is 44.4 Å². The van der Waals surface area contributed by atoms with Crippen LogP contribution in [0.3, 0.4) is 0 Å². The number of benzene rings is 2. The Bertz CT molecular complexity index is 1190. The highest BCUT2D eigenvalue weighted by molar-refractivity contribution is 8.00. The van der Waals surface area contributed by atoms with Gasteiger partial charge in [-0.3, -0.25) is 4.79 Å². The molecule has 0 spiro atoms. The van der Waals surface area contributed by atoms with Gasteiger partial charge in [0.1, 0.15) is 10.9 Å². The zero-order chi connectivity index (χ0) is 21.1. The Balaban J connectivity index is 1.52. The van der Waals surface area contributed by atoms with Crippen molar-refractivity contribution in [3.63, 3.8) is 0 Å². The Morgan fingerprint density at radius 1 is 1.07 bits per heavy atom. The number of hydrogen-bond donors (Lipinski definition) is 1. The molecule has 1 unspecified atom stereocenters. The maximum atomic E-state index is 12.9. The molecule has 1 atom stereocenters. The zero-order valence-electron chi connectivity index (χ0n) is 17.0. The first-order valence-electron chi connectivity index (χ1n) is 9.77. The molecule has 30 heavy (non-hydrogen) atoms. The third-order valence-electron chi connectivity index (χ3n) is 4.58. The summed E-state index contributed by atoms with van der Waals surface area (Å²) >= 11 is 2.96. The number of aryl methyl sites for hydroxylation is 2. The number of nitrogens with one attached hydrogen (secondary N) is 1. The number of anilines is 1. The Labute approximate surface area is 184 Å². The fourth-order valence-corrected chi connectivity index (χ4v) is 5.05. The van der Waals surface area contributed by atoms with E-state index in [9.17, 15) is 4.79 Å². The number of rotatable bonds is 6. The molecular formula is C23H22N4OS2. The molecule has 0 radical (unpaired) electrons. The monoisotopic (exact) mass is 434 g/mol. The van der Waals surface area contributed by atoms with E-state index in [-0.39, 0.29) is 11.2 Å².